The highest BCUT2D eigenvalue weighted by atomic mass is 35.5. The highest BCUT2D eigenvalue weighted by molar-refractivity contribution is 6.30. The van der Waals surface area contributed by atoms with Crippen molar-refractivity contribution in [3.05, 3.63) is 34.9 Å². The number of urea groups is 1. The van der Waals surface area contributed by atoms with Crippen LogP contribution >= 0.6 is 11.6 Å². The van der Waals surface area contributed by atoms with E-state index < -0.39 is 17.7 Å². The van der Waals surface area contributed by atoms with Gasteiger partial charge < -0.3 is 15.2 Å². The largest absolute Gasteiger partial charge is 0.389 e. The van der Waals surface area contributed by atoms with Gasteiger partial charge in [0.2, 0.25) is 0 Å². The molecule has 1 aromatic rings. The molecule has 3 rings (SSSR count). The second kappa shape index (κ2) is 9.25. The molecule has 0 radical (unpaired) electrons. The highest BCUT2D eigenvalue weighted by Crippen LogP contribution is 2.45. The minimum atomic E-state index is -0.933. The Kier molecular flexibility index (Phi) is 7.10. The van der Waals surface area contributed by atoms with Gasteiger partial charge in [0.25, 0.3) is 5.91 Å². The third-order valence-corrected chi connectivity index (χ3v) is 7.24. The maximum atomic E-state index is 13.1. The third kappa shape index (κ3) is 4.98. The number of halogens is 1. The summed E-state index contributed by atoms with van der Waals surface area (Å²) in [5.74, 6) is 0.343. The normalized spacial score (nSPS) is 25.6. The van der Waals surface area contributed by atoms with Crippen molar-refractivity contribution in [3.63, 3.8) is 0 Å². The highest BCUT2D eigenvalue weighted by Gasteiger charge is 2.53. The number of rotatable bonds is 8. The number of benzene rings is 1. The van der Waals surface area contributed by atoms with Crippen LogP contribution in [-0.4, -0.2) is 46.7 Å². The Balaban J connectivity index is 1.50. The van der Waals surface area contributed by atoms with Gasteiger partial charge in [0.05, 0.1) is 25.9 Å². The Labute approximate surface area is 183 Å². The number of nitrogens with zero attached hydrogens (tertiary/aromatic N) is 1. The number of hydrogen-bond acceptors (Lipinski definition) is 4. The molecule has 1 aliphatic carbocycles. The van der Waals surface area contributed by atoms with Gasteiger partial charge in [-0.3, -0.25) is 9.69 Å². The van der Waals surface area contributed by atoms with Crippen molar-refractivity contribution >= 4 is 23.5 Å². The summed E-state index contributed by atoms with van der Waals surface area (Å²) in [6.45, 7) is 7.06. The van der Waals surface area contributed by atoms with Gasteiger partial charge in [-0.2, -0.15) is 0 Å². The van der Waals surface area contributed by atoms with Crippen LogP contribution in [0.2, 0.25) is 5.02 Å². The van der Waals surface area contributed by atoms with Gasteiger partial charge >= 0.3 is 6.03 Å². The molecule has 2 aliphatic rings. The molecular weight excluding hydrogens is 404 g/mol. The average molecular weight is 437 g/mol. The van der Waals surface area contributed by atoms with Crippen molar-refractivity contribution < 1.29 is 19.4 Å². The molecule has 30 heavy (non-hydrogen) atoms. The zero-order chi connectivity index (χ0) is 21.9. The van der Waals surface area contributed by atoms with Crippen LogP contribution in [0.4, 0.5) is 4.79 Å². The summed E-state index contributed by atoms with van der Waals surface area (Å²) >= 11 is 5.86. The number of aliphatic hydroxyl groups is 1. The Hall–Kier alpha value is -1.63. The lowest BCUT2D eigenvalue weighted by atomic mass is 9.65. The Bertz CT molecular complexity index is 757. The van der Waals surface area contributed by atoms with E-state index in [-0.39, 0.29) is 24.5 Å². The number of ether oxygens (including phenoxy) is 1. The minimum Gasteiger partial charge on any atom is -0.389 e. The number of amides is 3. The molecule has 0 unspecified atom stereocenters. The van der Waals surface area contributed by atoms with Crippen molar-refractivity contribution in [2.45, 2.75) is 71.1 Å². The predicted octanol–water partition coefficient (Wildman–Crippen LogP) is 4.13. The van der Waals surface area contributed by atoms with E-state index in [0.29, 0.717) is 30.4 Å². The van der Waals surface area contributed by atoms with E-state index in [1.165, 1.54) is 0 Å². The van der Waals surface area contributed by atoms with E-state index in [4.69, 9.17) is 16.3 Å². The first-order valence-corrected chi connectivity index (χ1v) is 11.2. The molecule has 166 valence electrons. The van der Waals surface area contributed by atoms with Gasteiger partial charge in [0.1, 0.15) is 5.54 Å². The average Bonchev–Trinajstić information content (AvgIpc) is 2.94. The number of carbonyl (C=O) groups is 2. The second-order valence-corrected chi connectivity index (χ2v) is 9.78. The predicted molar refractivity (Wildman–Crippen MR) is 116 cm³/mol. The van der Waals surface area contributed by atoms with Crippen LogP contribution in [0.15, 0.2) is 24.3 Å². The van der Waals surface area contributed by atoms with Crippen molar-refractivity contribution in [1.82, 2.24) is 10.2 Å². The van der Waals surface area contributed by atoms with Crippen molar-refractivity contribution in [2.24, 2.45) is 11.3 Å². The van der Waals surface area contributed by atoms with E-state index in [1.54, 1.807) is 12.1 Å². The molecule has 0 bridgehead atoms. The van der Waals surface area contributed by atoms with Gasteiger partial charge in [0.15, 0.2) is 0 Å². The van der Waals surface area contributed by atoms with Crippen LogP contribution in [0.25, 0.3) is 0 Å². The Morgan fingerprint density at radius 1 is 1.27 bits per heavy atom. The van der Waals surface area contributed by atoms with E-state index in [9.17, 15) is 14.7 Å². The lowest BCUT2D eigenvalue weighted by Gasteiger charge is -2.42. The van der Waals surface area contributed by atoms with Crippen molar-refractivity contribution in [3.8, 4) is 0 Å². The topological polar surface area (TPSA) is 78.9 Å². The number of imide groups is 1. The zero-order valence-electron chi connectivity index (χ0n) is 18.1. The van der Waals surface area contributed by atoms with Gasteiger partial charge in [0, 0.05) is 5.02 Å². The third-order valence-electron chi connectivity index (χ3n) is 6.99. The Morgan fingerprint density at radius 2 is 1.90 bits per heavy atom. The summed E-state index contributed by atoms with van der Waals surface area (Å²) in [6.07, 6.45) is 3.33. The molecule has 1 spiro atoms. The Morgan fingerprint density at radius 3 is 2.50 bits per heavy atom. The minimum absolute atomic E-state index is 0.0411. The SMILES string of the molecule is CCC(C)(C)C1CCC2(CC1)NC(=O)N(C[C@H](O)COCc1ccc(Cl)cc1)C2=O. The molecule has 7 heteroatoms. The summed E-state index contributed by atoms with van der Waals surface area (Å²) in [6, 6.07) is 6.85. The summed E-state index contributed by atoms with van der Waals surface area (Å²) < 4.78 is 5.54. The number of carbonyl (C=O) groups excluding carboxylic acids is 2. The molecule has 1 saturated heterocycles. The second-order valence-electron chi connectivity index (χ2n) is 9.34. The molecule has 1 saturated carbocycles. The molecule has 0 aromatic heterocycles. The van der Waals surface area contributed by atoms with Crippen molar-refractivity contribution in [2.75, 3.05) is 13.2 Å². The van der Waals surface area contributed by atoms with Crippen LogP contribution in [-0.2, 0) is 16.1 Å². The fourth-order valence-electron chi connectivity index (χ4n) is 4.52. The van der Waals surface area contributed by atoms with E-state index >= 15 is 0 Å². The summed E-state index contributed by atoms with van der Waals surface area (Å²) in [4.78, 5) is 26.7. The number of hydrogen-bond donors (Lipinski definition) is 2. The van der Waals surface area contributed by atoms with Gasteiger partial charge in [-0.1, -0.05) is 50.9 Å². The number of nitrogens with one attached hydrogen (secondary N) is 1. The maximum Gasteiger partial charge on any atom is 0.325 e. The first-order chi connectivity index (χ1) is 14.2. The molecular formula is C23H33ClN2O4. The van der Waals surface area contributed by atoms with Gasteiger partial charge in [-0.15, -0.1) is 0 Å². The molecule has 3 amide bonds. The lowest BCUT2D eigenvalue weighted by molar-refractivity contribution is -0.134. The standard InChI is InChI=1S/C23H33ClN2O4/c1-4-22(2,3)17-9-11-23(12-10-17)20(28)26(21(29)25-23)13-19(27)15-30-14-16-5-7-18(24)8-6-16/h5-8,17,19,27H,4,9-15H2,1-3H3,(H,25,29)/t17?,19-,23?/m0/s1. The van der Waals surface area contributed by atoms with Crippen LogP contribution < -0.4 is 5.32 Å². The van der Waals surface area contributed by atoms with Crippen LogP contribution in [0, 0.1) is 11.3 Å². The summed E-state index contributed by atoms with van der Waals surface area (Å²) in [7, 11) is 0. The van der Waals surface area contributed by atoms with Gasteiger partial charge in [-0.25, -0.2) is 4.79 Å². The van der Waals surface area contributed by atoms with E-state index in [1.807, 2.05) is 12.1 Å². The van der Waals surface area contributed by atoms with E-state index in [0.717, 1.165) is 29.7 Å². The summed E-state index contributed by atoms with van der Waals surface area (Å²) in [5, 5.41) is 13.9. The van der Waals surface area contributed by atoms with E-state index in [2.05, 4.69) is 26.1 Å². The molecule has 1 atom stereocenters. The molecule has 2 fully saturated rings. The molecule has 1 aromatic carbocycles. The van der Waals surface area contributed by atoms with Crippen LogP contribution in [0.3, 0.4) is 0 Å². The molecule has 2 N–H and O–H groups in total. The molecule has 1 heterocycles. The molecule has 6 nitrogen and oxygen atoms in total. The zero-order valence-corrected chi connectivity index (χ0v) is 18.9. The fraction of sp³-hybridized carbons (Fsp3) is 0.652. The molecule has 1 aliphatic heterocycles. The monoisotopic (exact) mass is 436 g/mol. The first-order valence-electron chi connectivity index (χ1n) is 10.8. The van der Waals surface area contributed by atoms with Crippen LogP contribution in [0.1, 0.15) is 58.4 Å². The summed E-state index contributed by atoms with van der Waals surface area (Å²) in [5.41, 5.74) is 0.374. The quantitative estimate of drug-likeness (QED) is 0.600. The van der Waals surface area contributed by atoms with Crippen LogP contribution in [0.5, 0.6) is 0 Å². The number of β-amino-alcohol motifs (C(OH)–C–C–N with tert-alkyl or cyclic N) is 1. The smallest absolute Gasteiger partial charge is 0.325 e. The van der Waals surface area contributed by atoms with Crippen molar-refractivity contribution in [1.29, 1.82) is 0 Å². The van der Waals surface area contributed by atoms with Gasteiger partial charge in [-0.05, 0) is 54.7 Å². The first kappa shape index (κ1) is 23.0. The maximum absolute atomic E-state index is 13.1. The number of aliphatic hydroxyl groups excluding tert-OH is 1. The lowest BCUT2D eigenvalue weighted by Crippen LogP contribution is -2.51. The fourth-order valence-corrected chi connectivity index (χ4v) is 4.64.